The average Bonchev–Trinajstić information content (AvgIpc) is 3.14. The fourth-order valence-corrected chi connectivity index (χ4v) is 3.81. The second-order valence-corrected chi connectivity index (χ2v) is 6.32. The van der Waals surface area contributed by atoms with Crippen molar-refractivity contribution in [2.45, 2.75) is 0 Å². The smallest absolute Gasteiger partial charge is 0.345 e. The van der Waals surface area contributed by atoms with E-state index in [1.807, 2.05) is 36.4 Å². The lowest BCUT2D eigenvalue weighted by atomic mass is 10.0. The summed E-state index contributed by atoms with van der Waals surface area (Å²) in [6, 6.07) is 21.9. The standard InChI is InChI=1S/C19H13NO2S/c21-19(22)15-11-14-18(23-15)16(12-7-3-1-4-8-12)17(20-14)13-9-5-2-6-10-13/h1-11,20H,(H,21,22). The van der Waals surface area contributed by atoms with Crippen LogP contribution in [0.3, 0.4) is 0 Å². The Balaban J connectivity index is 2.03. The second kappa shape index (κ2) is 5.41. The molecule has 2 heterocycles. The van der Waals surface area contributed by atoms with Crippen molar-refractivity contribution in [1.82, 2.24) is 4.98 Å². The molecule has 3 nitrogen and oxygen atoms in total. The van der Waals surface area contributed by atoms with E-state index in [-0.39, 0.29) is 0 Å². The van der Waals surface area contributed by atoms with Gasteiger partial charge in [-0.05, 0) is 17.2 Å². The second-order valence-electron chi connectivity index (χ2n) is 5.27. The highest BCUT2D eigenvalue weighted by atomic mass is 32.1. The molecule has 0 fully saturated rings. The van der Waals surface area contributed by atoms with Crippen LogP contribution in [-0.2, 0) is 0 Å². The molecule has 4 aromatic rings. The lowest BCUT2D eigenvalue weighted by Gasteiger charge is -2.05. The number of carboxylic acid groups (broad SMARTS) is 1. The topological polar surface area (TPSA) is 53.1 Å². The zero-order valence-electron chi connectivity index (χ0n) is 12.1. The number of hydrogen-bond donors (Lipinski definition) is 2. The molecule has 112 valence electrons. The van der Waals surface area contributed by atoms with Crippen LogP contribution in [0, 0.1) is 0 Å². The Hall–Kier alpha value is -2.85. The molecule has 0 aliphatic heterocycles. The largest absolute Gasteiger partial charge is 0.477 e. The van der Waals surface area contributed by atoms with E-state index in [2.05, 4.69) is 29.2 Å². The van der Waals surface area contributed by atoms with E-state index >= 15 is 0 Å². The first-order valence-electron chi connectivity index (χ1n) is 7.23. The highest BCUT2D eigenvalue weighted by Gasteiger charge is 2.19. The number of carbonyl (C=O) groups is 1. The monoisotopic (exact) mass is 319 g/mol. The maximum absolute atomic E-state index is 11.3. The Morgan fingerprint density at radius 2 is 1.52 bits per heavy atom. The summed E-state index contributed by atoms with van der Waals surface area (Å²) in [4.78, 5) is 15.0. The van der Waals surface area contributed by atoms with Gasteiger partial charge in [0.2, 0.25) is 0 Å². The number of aromatic nitrogens is 1. The number of rotatable bonds is 3. The summed E-state index contributed by atoms with van der Waals surface area (Å²) in [5, 5.41) is 9.25. The summed E-state index contributed by atoms with van der Waals surface area (Å²) < 4.78 is 0.979. The molecule has 23 heavy (non-hydrogen) atoms. The molecule has 2 aromatic heterocycles. The van der Waals surface area contributed by atoms with Crippen LogP contribution in [0.15, 0.2) is 66.7 Å². The van der Waals surface area contributed by atoms with Crippen molar-refractivity contribution >= 4 is 27.5 Å². The Kier molecular flexibility index (Phi) is 3.24. The third kappa shape index (κ3) is 2.33. The number of aromatic amines is 1. The van der Waals surface area contributed by atoms with Crippen LogP contribution in [0.1, 0.15) is 9.67 Å². The molecular formula is C19H13NO2S. The molecule has 2 N–H and O–H groups in total. The predicted octanol–water partition coefficient (Wildman–Crippen LogP) is 5.26. The molecule has 4 heteroatoms. The predicted molar refractivity (Wildman–Crippen MR) is 94.0 cm³/mol. The highest BCUT2D eigenvalue weighted by molar-refractivity contribution is 7.21. The van der Waals surface area contributed by atoms with E-state index in [1.54, 1.807) is 6.07 Å². The minimum Gasteiger partial charge on any atom is -0.477 e. The van der Waals surface area contributed by atoms with Crippen LogP contribution in [0.5, 0.6) is 0 Å². The Bertz CT molecular complexity index is 984. The molecule has 0 saturated carbocycles. The Morgan fingerprint density at radius 3 is 2.13 bits per heavy atom. The van der Waals surface area contributed by atoms with E-state index < -0.39 is 5.97 Å². The normalized spacial score (nSPS) is 11.0. The zero-order chi connectivity index (χ0) is 15.8. The molecule has 0 aliphatic rings. The van der Waals surface area contributed by atoms with E-state index in [1.165, 1.54) is 11.3 Å². The number of hydrogen-bond acceptors (Lipinski definition) is 2. The van der Waals surface area contributed by atoms with Gasteiger partial charge in [0.15, 0.2) is 0 Å². The van der Waals surface area contributed by atoms with Gasteiger partial charge in [-0.3, -0.25) is 0 Å². The van der Waals surface area contributed by atoms with Crippen molar-refractivity contribution in [2.75, 3.05) is 0 Å². The average molecular weight is 319 g/mol. The molecule has 0 atom stereocenters. The van der Waals surface area contributed by atoms with Gasteiger partial charge in [0.25, 0.3) is 0 Å². The van der Waals surface area contributed by atoms with Gasteiger partial charge in [0.05, 0.1) is 15.9 Å². The van der Waals surface area contributed by atoms with Gasteiger partial charge in [0, 0.05) is 5.56 Å². The van der Waals surface area contributed by atoms with Gasteiger partial charge in [-0.1, -0.05) is 60.7 Å². The van der Waals surface area contributed by atoms with Crippen molar-refractivity contribution < 1.29 is 9.90 Å². The Morgan fingerprint density at radius 1 is 0.913 bits per heavy atom. The van der Waals surface area contributed by atoms with Gasteiger partial charge in [-0.25, -0.2) is 4.79 Å². The fourth-order valence-electron chi connectivity index (χ4n) is 2.79. The molecule has 0 bridgehead atoms. The number of benzene rings is 2. The van der Waals surface area contributed by atoms with Crippen LogP contribution in [0.2, 0.25) is 0 Å². The van der Waals surface area contributed by atoms with E-state index in [9.17, 15) is 9.90 Å². The molecule has 0 unspecified atom stereocenters. The number of aromatic carboxylic acids is 1. The minimum absolute atomic E-state index is 0.350. The molecule has 0 radical (unpaired) electrons. The quantitative estimate of drug-likeness (QED) is 0.541. The maximum atomic E-state index is 11.3. The maximum Gasteiger partial charge on any atom is 0.345 e. The number of thiophene rings is 1. The van der Waals surface area contributed by atoms with Gasteiger partial charge in [-0.2, -0.15) is 0 Å². The van der Waals surface area contributed by atoms with Gasteiger partial charge in [-0.15, -0.1) is 11.3 Å². The van der Waals surface area contributed by atoms with Crippen LogP contribution >= 0.6 is 11.3 Å². The summed E-state index contributed by atoms with van der Waals surface area (Å²) in [6.45, 7) is 0. The number of H-pyrrole nitrogens is 1. The minimum atomic E-state index is -0.889. The number of fused-ring (bicyclic) bond motifs is 1. The highest BCUT2D eigenvalue weighted by Crippen LogP contribution is 2.42. The third-order valence-corrected chi connectivity index (χ3v) is 4.95. The van der Waals surface area contributed by atoms with Crippen LogP contribution in [0.4, 0.5) is 0 Å². The molecule has 0 aliphatic carbocycles. The van der Waals surface area contributed by atoms with Crippen molar-refractivity contribution in [3.63, 3.8) is 0 Å². The summed E-state index contributed by atoms with van der Waals surface area (Å²) >= 11 is 1.31. The molecule has 0 saturated heterocycles. The van der Waals surface area contributed by atoms with Crippen LogP contribution in [0.25, 0.3) is 32.6 Å². The van der Waals surface area contributed by atoms with Gasteiger partial charge >= 0.3 is 5.97 Å². The third-order valence-electron chi connectivity index (χ3n) is 3.80. The lowest BCUT2D eigenvalue weighted by molar-refractivity contribution is 0.0702. The first-order valence-corrected chi connectivity index (χ1v) is 8.05. The van der Waals surface area contributed by atoms with Gasteiger partial charge in [0.1, 0.15) is 4.88 Å². The number of carboxylic acids is 1. The Labute approximate surface area is 136 Å². The van der Waals surface area contributed by atoms with Crippen molar-refractivity contribution in [2.24, 2.45) is 0 Å². The summed E-state index contributed by atoms with van der Waals surface area (Å²) in [7, 11) is 0. The summed E-state index contributed by atoms with van der Waals surface area (Å²) in [5.74, 6) is -0.889. The molecule has 0 amide bonds. The fraction of sp³-hybridized carbons (Fsp3) is 0. The van der Waals surface area contributed by atoms with E-state index in [0.29, 0.717) is 4.88 Å². The SMILES string of the molecule is O=C(O)c1cc2[nH]c(-c3ccccc3)c(-c3ccccc3)c2s1. The van der Waals surface area contributed by atoms with Crippen molar-refractivity contribution in [3.8, 4) is 22.4 Å². The van der Waals surface area contributed by atoms with Crippen molar-refractivity contribution in [1.29, 1.82) is 0 Å². The van der Waals surface area contributed by atoms with Crippen LogP contribution < -0.4 is 0 Å². The lowest BCUT2D eigenvalue weighted by Crippen LogP contribution is -1.90. The molecular weight excluding hydrogens is 306 g/mol. The van der Waals surface area contributed by atoms with Crippen molar-refractivity contribution in [3.05, 3.63) is 71.6 Å². The van der Waals surface area contributed by atoms with E-state index in [4.69, 9.17) is 0 Å². The van der Waals surface area contributed by atoms with Crippen LogP contribution in [-0.4, -0.2) is 16.1 Å². The van der Waals surface area contributed by atoms with E-state index in [0.717, 1.165) is 32.6 Å². The first-order chi connectivity index (χ1) is 11.2. The zero-order valence-corrected chi connectivity index (χ0v) is 12.9. The first kappa shape index (κ1) is 13.8. The molecule has 2 aromatic carbocycles. The van der Waals surface area contributed by atoms with Gasteiger partial charge < -0.3 is 10.1 Å². The molecule has 4 rings (SSSR count). The summed E-state index contributed by atoms with van der Waals surface area (Å²) in [6.07, 6.45) is 0. The molecule has 0 spiro atoms. The number of nitrogens with one attached hydrogen (secondary N) is 1. The summed E-state index contributed by atoms with van der Waals surface area (Å²) in [5.41, 5.74) is 5.12.